The lowest BCUT2D eigenvalue weighted by Crippen LogP contribution is -2.41. The largest absolute Gasteiger partial charge is 0.339 e. The molecule has 1 aromatic heterocycles. The molecule has 1 atom stereocenters. The maximum absolute atomic E-state index is 13.1. The Morgan fingerprint density at radius 2 is 2.10 bits per heavy atom. The number of urea groups is 1. The molecule has 4 rings (SSSR count). The van der Waals surface area contributed by atoms with Crippen molar-refractivity contribution < 1.29 is 13.7 Å². The molecule has 0 spiro atoms. The van der Waals surface area contributed by atoms with E-state index in [0.717, 1.165) is 12.8 Å². The van der Waals surface area contributed by atoms with E-state index in [9.17, 15) is 9.18 Å². The molecule has 0 aliphatic carbocycles. The third-order valence-corrected chi connectivity index (χ3v) is 4.84. The number of benzene rings is 2. The van der Waals surface area contributed by atoms with Gasteiger partial charge in [-0.3, -0.25) is 0 Å². The first-order chi connectivity index (χ1) is 14.1. The van der Waals surface area contributed by atoms with Crippen molar-refractivity contribution in [3.8, 4) is 17.5 Å². The second-order valence-electron chi connectivity index (χ2n) is 6.87. The molecule has 1 saturated heterocycles. The lowest BCUT2D eigenvalue weighted by Gasteiger charge is -2.31. The van der Waals surface area contributed by atoms with Crippen molar-refractivity contribution in [2.75, 3.05) is 18.4 Å². The fourth-order valence-corrected chi connectivity index (χ4v) is 3.35. The van der Waals surface area contributed by atoms with Gasteiger partial charge in [0.15, 0.2) is 0 Å². The first-order valence-electron chi connectivity index (χ1n) is 9.28. The van der Waals surface area contributed by atoms with Crippen LogP contribution in [0.15, 0.2) is 53.1 Å². The van der Waals surface area contributed by atoms with E-state index in [1.165, 1.54) is 12.1 Å². The molecule has 1 N–H and O–H groups in total. The molecule has 3 aromatic rings. The Morgan fingerprint density at radius 3 is 2.90 bits per heavy atom. The SMILES string of the molecule is N#Cc1cccc(NC(=O)N2CCC[C@H](c3nc(-c4ccc(F)cc4)no3)C2)c1. The van der Waals surface area contributed by atoms with E-state index in [2.05, 4.69) is 21.5 Å². The van der Waals surface area contributed by atoms with Crippen molar-refractivity contribution >= 4 is 11.7 Å². The molecule has 0 saturated carbocycles. The number of piperidine rings is 1. The normalized spacial score (nSPS) is 16.3. The van der Waals surface area contributed by atoms with Gasteiger partial charge in [0.05, 0.1) is 17.6 Å². The highest BCUT2D eigenvalue weighted by Gasteiger charge is 2.28. The standard InChI is InChI=1S/C21H18FN5O2/c22-17-8-6-15(7-9-17)19-25-20(29-26-19)16-4-2-10-27(13-16)21(28)24-18-5-1-3-14(11-18)12-23/h1,3,5-9,11,16H,2,4,10,13H2,(H,24,28)/t16-/m0/s1. The summed E-state index contributed by atoms with van der Waals surface area (Å²) in [6.45, 7) is 1.08. The van der Waals surface area contributed by atoms with Crippen molar-refractivity contribution in [2.45, 2.75) is 18.8 Å². The number of nitrogens with zero attached hydrogens (tertiary/aromatic N) is 4. The van der Waals surface area contributed by atoms with E-state index in [4.69, 9.17) is 9.78 Å². The summed E-state index contributed by atoms with van der Waals surface area (Å²) in [5.41, 5.74) is 1.73. The van der Waals surface area contributed by atoms with Gasteiger partial charge in [0.25, 0.3) is 0 Å². The first kappa shape index (κ1) is 18.6. The van der Waals surface area contributed by atoms with Gasteiger partial charge in [-0.25, -0.2) is 9.18 Å². The fourth-order valence-electron chi connectivity index (χ4n) is 3.35. The third kappa shape index (κ3) is 4.24. The van der Waals surface area contributed by atoms with Gasteiger partial charge in [0.1, 0.15) is 5.82 Å². The van der Waals surface area contributed by atoms with E-state index in [-0.39, 0.29) is 17.8 Å². The molecule has 2 aromatic carbocycles. The lowest BCUT2D eigenvalue weighted by molar-refractivity contribution is 0.184. The highest BCUT2D eigenvalue weighted by molar-refractivity contribution is 5.89. The van der Waals surface area contributed by atoms with Gasteiger partial charge in [-0.15, -0.1) is 0 Å². The molecule has 1 aliphatic rings. The molecular formula is C21H18FN5O2. The number of halogens is 1. The molecule has 0 bridgehead atoms. The number of amides is 2. The lowest BCUT2D eigenvalue weighted by atomic mass is 9.98. The summed E-state index contributed by atoms with van der Waals surface area (Å²) in [6.07, 6.45) is 1.64. The molecule has 2 heterocycles. The number of likely N-dealkylation sites (tertiary alicyclic amines) is 1. The zero-order valence-corrected chi connectivity index (χ0v) is 15.5. The second kappa shape index (κ2) is 8.10. The van der Waals surface area contributed by atoms with Gasteiger partial charge in [0.2, 0.25) is 11.7 Å². The van der Waals surface area contributed by atoms with Crippen LogP contribution < -0.4 is 5.32 Å². The van der Waals surface area contributed by atoms with Crippen LogP contribution in [0, 0.1) is 17.1 Å². The quantitative estimate of drug-likeness (QED) is 0.723. The summed E-state index contributed by atoms with van der Waals surface area (Å²) >= 11 is 0. The summed E-state index contributed by atoms with van der Waals surface area (Å²) in [7, 11) is 0. The van der Waals surface area contributed by atoms with Gasteiger partial charge >= 0.3 is 6.03 Å². The molecular weight excluding hydrogens is 373 g/mol. The van der Waals surface area contributed by atoms with Crippen molar-refractivity contribution in [1.82, 2.24) is 15.0 Å². The topological polar surface area (TPSA) is 95.1 Å². The van der Waals surface area contributed by atoms with Crippen LogP contribution in [0.3, 0.4) is 0 Å². The number of carbonyl (C=O) groups is 1. The zero-order valence-electron chi connectivity index (χ0n) is 15.5. The van der Waals surface area contributed by atoms with Gasteiger partial charge in [-0.1, -0.05) is 11.2 Å². The van der Waals surface area contributed by atoms with Crippen LogP contribution >= 0.6 is 0 Å². The number of rotatable bonds is 3. The summed E-state index contributed by atoms with van der Waals surface area (Å²) in [6, 6.07) is 14.5. The van der Waals surface area contributed by atoms with Crippen LogP contribution in [-0.2, 0) is 0 Å². The van der Waals surface area contributed by atoms with E-state index < -0.39 is 0 Å². The van der Waals surface area contributed by atoms with Gasteiger partial charge in [-0.05, 0) is 55.3 Å². The van der Waals surface area contributed by atoms with E-state index in [1.807, 2.05) is 0 Å². The molecule has 2 amide bonds. The second-order valence-corrected chi connectivity index (χ2v) is 6.87. The van der Waals surface area contributed by atoms with Gasteiger partial charge in [-0.2, -0.15) is 10.2 Å². The maximum Gasteiger partial charge on any atom is 0.321 e. The summed E-state index contributed by atoms with van der Waals surface area (Å²) < 4.78 is 18.5. The minimum Gasteiger partial charge on any atom is -0.339 e. The van der Waals surface area contributed by atoms with Crippen LogP contribution in [-0.4, -0.2) is 34.2 Å². The van der Waals surface area contributed by atoms with Gasteiger partial charge in [0, 0.05) is 24.3 Å². The summed E-state index contributed by atoms with van der Waals surface area (Å²) in [5.74, 6) is 0.469. The van der Waals surface area contributed by atoms with E-state index in [0.29, 0.717) is 41.6 Å². The summed E-state index contributed by atoms with van der Waals surface area (Å²) in [5, 5.41) is 15.8. The third-order valence-electron chi connectivity index (χ3n) is 4.84. The van der Waals surface area contributed by atoms with Gasteiger partial charge < -0.3 is 14.7 Å². The average molecular weight is 391 g/mol. The molecule has 29 heavy (non-hydrogen) atoms. The molecule has 1 aliphatic heterocycles. The van der Waals surface area contributed by atoms with Crippen molar-refractivity contribution in [1.29, 1.82) is 5.26 Å². The molecule has 7 nitrogen and oxygen atoms in total. The highest BCUT2D eigenvalue weighted by Crippen LogP contribution is 2.28. The monoisotopic (exact) mass is 391 g/mol. The minimum absolute atomic E-state index is 0.0679. The highest BCUT2D eigenvalue weighted by atomic mass is 19.1. The van der Waals surface area contributed by atoms with Crippen molar-refractivity contribution in [3.05, 3.63) is 65.8 Å². The number of nitrogens with one attached hydrogen (secondary N) is 1. The van der Waals surface area contributed by atoms with Crippen molar-refractivity contribution in [3.63, 3.8) is 0 Å². The molecule has 8 heteroatoms. The van der Waals surface area contributed by atoms with Crippen LogP contribution in [0.5, 0.6) is 0 Å². The van der Waals surface area contributed by atoms with E-state index in [1.54, 1.807) is 41.3 Å². The maximum atomic E-state index is 13.1. The van der Waals surface area contributed by atoms with E-state index >= 15 is 0 Å². The Balaban J connectivity index is 1.43. The number of hydrogen-bond donors (Lipinski definition) is 1. The average Bonchev–Trinajstić information content (AvgIpc) is 3.25. The molecule has 0 radical (unpaired) electrons. The minimum atomic E-state index is -0.327. The number of anilines is 1. The number of carbonyl (C=O) groups excluding carboxylic acids is 1. The molecule has 146 valence electrons. The predicted octanol–water partition coefficient (Wildman–Crippen LogP) is 4.16. The number of nitriles is 1. The Hall–Kier alpha value is -3.73. The van der Waals surface area contributed by atoms with Crippen LogP contribution in [0.25, 0.3) is 11.4 Å². The Bertz CT molecular complexity index is 1060. The Labute approximate surface area is 166 Å². The van der Waals surface area contributed by atoms with Crippen LogP contribution in [0.4, 0.5) is 14.9 Å². The van der Waals surface area contributed by atoms with Crippen LogP contribution in [0.1, 0.15) is 30.2 Å². The summed E-state index contributed by atoms with van der Waals surface area (Å²) in [4.78, 5) is 18.8. The first-order valence-corrected chi connectivity index (χ1v) is 9.28. The smallest absolute Gasteiger partial charge is 0.321 e. The molecule has 1 fully saturated rings. The number of hydrogen-bond acceptors (Lipinski definition) is 5. The predicted molar refractivity (Wildman–Crippen MR) is 103 cm³/mol. The zero-order chi connectivity index (χ0) is 20.2. The van der Waals surface area contributed by atoms with Crippen LogP contribution in [0.2, 0.25) is 0 Å². The number of aromatic nitrogens is 2. The Morgan fingerprint density at radius 1 is 1.28 bits per heavy atom. The Kier molecular flexibility index (Phi) is 5.20. The fraction of sp³-hybridized carbons (Fsp3) is 0.238. The van der Waals surface area contributed by atoms with Crippen molar-refractivity contribution in [2.24, 2.45) is 0 Å². The molecule has 0 unspecified atom stereocenters.